The van der Waals surface area contributed by atoms with Gasteiger partial charge in [-0.3, -0.25) is 4.21 Å². The summed E-state index contributed by atoms with van der Waals surface area (Å²) in [4.78, 5) is 0.575. The number of hydrogen-bond donors (Lipinski definition) is 1. The molecule has 0 bridgehead atoms. The molecular weight excluding hydrogens is 524 g/mol. The van der Waals surface area contributed by atoms with Crippen LogP contribution in [0.5, 0.6) is 0 Å². The van der Waals surface area contributed by atoms with Crippen molar-refractivity contribution in [3.8, 4) is 0 Å². The minimum Gasteiger partial charge on any atom is -0.405 e. The Kier molecular flexibility index (Phi) is 9.47. The minimum absolute atomic E-state index is 0.00112. The van der Waals surface area contributed by atoms with Gasteiger partial charge in [0.25, 0.3) is 8.32 Å². The van der Waals surface area contributed by atoms with Gasteiger partial charge in [-0.1, -0.05) is 122 Å². The lowest BCUT2D eigenvalue weighted by Crippen LogP contribution is -2.67. The van der Waals surface area contributed by atoms with Gasteiger partial charge in [0, 0.05) is 15.5 Å². The molecule has 0 amide bonds. The van der Waals surface area contributed by atoms with Gasteiger partial charge in [0.05, 0.1) is 23.5 Å². The Morgan fingerprint density at radius 1 is 0.882 bits per heavy atom. The average molecular weight is 560 g/mol. The summed E-state index contributed by atoms with van der Waals surface area (Å²) in [6.07, 6.45) is -0.732. The fourth-order valence-electron chi connectivity index (χ4n) is 4.44. The van der Waals surface area contributed by atoms with E-state index in [2.05, 4.69) is 85.2 Å². The van der Waals surface area contributed by atoms with Crippen LogP contribution in [0.15, 0.2) is 95.9 Å². The van der Waals surface area contributed by atoms with E-state index in [0.717, 1.165) is 4.90 Å². The second kappa shape index (κ2) is 11.9. The number of hydrogen-bond acceptors (Lipinski definition) is 3. The van der Waals surface area contributed by atoms with Crippen molar-refractivity contribution >= 4 is 45.4 Å². The summed E-state index contributed by atoms with van der Waals surface area (Å²) in [7, 11) is -3.84. The Hall–Kier alpha value is -1.57. The van der Waals surface area contributed by atoms with Crippen molar-refractivity contribution in [2.45, 2.75) is 48.6 Å². The van der Waals surface area contributed by atoms with Crippen molar-refractivity contribution in [2.24, 2.45) is 5.92 Å². The van der Waals surface area contributed by atoms with Gasteiger partial charge in [0.15, 0.2) is 0 Å². The number of alkyl halides is 1. The van der Waals surface area contributed by atoms with E-state index in [1.54, 1.807) is 0 Å². The van der Waals surface area contributed by atoms with E-state index >= 15 is 0 Å². The molecule has 0 spiro atoms. The molecule has 0 aliphatic rings. The van der Waals surface area contributed by atoms with Crippen molar-refractivity contribution in [2.75, 3.05) is 12.4 Å². The highest BCUT2D eigenvalue weighted by molar-refractivity contribution is 9.09. The van der Waals surface area contributed by atoms with Gasteiger partial charge < -0.3 is 9.53 Å². The first kappa shape index (κ1) is 27.0. The van der Waals surface area contributed by atoms with Crippen LogP contribution in [0, 0.1) is 5.92 Å². The van der Waals surface area contributed by atoms with Crippen LogP contribution < -0.4 is 10.4 Å². The Morgan fingerprint density at radius 3 is 1.76 bits per heavy atom. The molecule has 0 heterocycles. The largest absolute Gasteiger partial charge is 0.405 e. The average Bonchev–Trinajstić information content (AvgIpc) is 2.84. The first-order valence-corrected chi connectivity index (χ1v) is 15.8. The number of rotatable bonds is 10. The van der Waals surface area contributed by atoms with Crippen LogP contribution in [0.1, 0.15) is 27.7 Å². The van der Waals surface area contributed by atoms with Crippen molar-refractivity contribution in [1.29, 1.82) is 0 Å². The minimum atomic E-state index is -2.72. The molecule has 0 radical (unpaired) electrons. The molecule has 3 rings (SSSR count). The van der Waals surface area contributed by atoms with Crippen LogP contribution in [-0.4, -0.2) is 40.9 Å². The Morgan fingerprint density at radius 2 is 1.32 bits per heavy atom. The molecule has 0 aliphatic carbocycles. The monoisotopic (exact) mass is 558 g/mol. The van der Waals surface area contributed by atoms with E-state index < -0.39 is 25.2 Å². The highest BCUT2D eigenvalue weighted by Gasteiger charge is 2.50. The zero-order chi connectivity index (χ0) is 24.8. The van der Waals surface area contributed by atoms with Crippen LogP contribution in [0.25, 0.3) is 0 Å². The molecule has 2 unspecified atom stereocenters. The van der Waals surface area contributed by atoms with Gasteiger partial charge in [0.2, 0.25) is 0 Å². The molecule has 3 aromatic carbocycles. The number of aliphatic hydroxyl groups excluding tert-OH is 1. The molecule has 3 aromatic rings. The first-order chi connectivity index (χ1) is 16.2. The van der Waals surface area contributed by atoms with Crippen LogP contribution in [0.2, 0.25) is 5.04 Å². The topological polar surface area (TPSA) is 46.5 Å². The van der Waals surface area contributed by atoms with Crippen molar-refractivity contribution in [3.63, 3.8) is 0 Å². The van der Waals surface area contributed by atoms with Gasteiger partial charge in [-0.25, -0.2) is 0 Å². The van der Waals surface area contributed by atoms with Crippen LogP contribution in [0.3, 0.4) is 0 Å². The lowest BCUT2D eigenvalue weighted by atomic mass is 10.1. The molecular formula is C28H35BrO3SSi. The zero-order valence-corrected chi connectivity index (χ0v) is 23.8. The smallest absolute Gasteiger partial charge is 0.261 e. The van der Waals surface area contributed by atoms with Gasteiger partial charge in [0.1, 0.15) is 0 Å². The highest BCUT2D eigenvalue weighted by Crippen LogP contribution is 2.37. The number of halogens is 1. The Labute approximate surface area is 216 Å². The van der Waals surface area contributed by atoms with E-state index in [1.807, 2.05) is 49.4 Å². The molecule has 1 N–H and O–H groups in total. The molecule has 0 aromatic heterocycles. The third-order valence-electron chi connectivity index (χ3n) is 6.22. The molecule has 4 atom stereocenters. The van der Waals surface area contributed by atoms with E-state index in [4.69, 9.17) is 4.43 Å². The molecule has 34 heavy (non-hydrogen) atoms. The quantitative estimate of drug-likeness (QED) is 0.277. The van der Waals surface area contributed by atoms with Gasteiger partial charge in [-0.05, 0) is 33.5 Å². The number of aliphatic hydroxyl groups is 1. The summed E-state index contributed by atoms with van der Waals surface area (Å²) >= 11 is 3.69. The third-order valence-corrected chi connectivity index (χ3v) is 14.4. The second-order valence-corrected chi connectivity index (χ2v) is 16.6. The standard InChI is InChI=1S/C28H35BrO3SSi/c1-22(21-33(31)23-14-8-5-9-15-23)27(29)26(30)20-32-34(28(2,3)4,24-16-10-6-11-17-24)25-18-12-7-13-19-25/h5-19,22,26-27,30H,20-21H2,1-4H3/t22-,26?,27?,33-/m1/s1. The van der Waals surface area contributed by atoms with Crippen LogP contribution in [-0.2, 0) is 15.2 Å². The van der Waals surface area contributed by atoms with E-state index in [1.165, 1.54) is 10.4 Å². The second-order valence-electron chi connectivity index (χ2n) is 9.79. The predicted octanol–water partition coefficient (Wildman–Crippen LogP) is 5.13. The van der Waals surface area contributed by atoms with Crippen molar-refractivity contribution in [3.05, 3.63) is 91.0 Å². The third kappa shape index (κ3) is 6.16. The van der Waals surface area contributed by atoms with Crippen LogP contribution in [0.4, 0.5) is 0 Å². The maximum atomic E-state index is 12.8. The SMILES string of the molecule is C[C@H](C[S@@](=O)c1ccccc1)C(Br)C(O)CO[Si](c1ccccc1)(c1ccccc1)C(C)(C)C. The van der Waals surface area contributed by atoms with Crippen molar-refractivity contribution < 1.29 is 13.7 Å². The highest BCUT2D eigenvalue weighted by atomic mass is 79.9. The molecule has 0 fully saturated rings. The predicted molar refractivity (Wildman–Crippen MR) is 149 cm³/mol. The lowest BCUT2D eigenvalue weighted by Gasteiger charge is -2.43. The van der Waals surface area contributed by atoms with Crippen LogP contribution >= 0.6 is 15.9 Å². The van der Waals surface area contributed by atoms with Gasteiger partial charge >= 0.3 is 0 Å². The molecule has 0 saturated heterocycles. The molecule has 3 nitrogen and oxygen atoms in total. The first-order valence-electron chi connectivity index (χ1n) is 11.7. The molecule has 0 saturated carbocycles. The summed E-state index contributed by atoms with van der Waals surface area (Å²) in [5.41, 5.74) is 0. The molecule has 6 heteroatoms. The normalized spacial score (nSPS) is 15.9. The summed E-state index contributed by atoms with van der Waals surface area (Å²) in [6.45, 7) is 8.90. The fourth-order valence-corrected chi connectivity index (χ4v) is 10.9. The summed E-state index contributed by atoms with van der Waals surface area (Å²) in [6, 6.07) is 30.3. The summed E-state index contributed by atoms with van der Waals surface area (Å²) in [5.74, 6) is 0.467. The fraction of sp³-hybridized carbons (Fsp3) is 0.357. The summed E-state index contributed by atoms with van der Waals surface area (Å²) < 4.78 is 19.7. The maximum absolute atomic E-state index is 12.8. The Bertz CT molecular complexity index is 1000. The van der Waals surface area contributed by atoms with E-state index in [-0.39, 0.29) is 22.4 Å². The lowest BCUT2D eigenvalue weighted by molar-refractivity contribution is 0.0923. The van der Waals surface area contributed by atoms with Crippen molar-refractivity contribution in [1.82, 2.24) is 0 Å². The molecule has 182 valence electrons. The van der Waals surface area contributed by atoms with E-state index in [9.17, 15) is 9.32 Å². The summed E-state index contributed by atoms with van der Waals surface area (Å²) in [5, 5.41) is 13.4. The zero-order valence-electron chi connectivity index (χ0n) is 20.4. The Balaban J connectivity index is 1.81. The van der Waals surface area contributed by atoms with Gasteiger partial charge in [-0.15, -0.1) is 0 Å². The number of benzene rings is 3. The van der Waals surface area contributed by atoms with E-state index in [0.29, 0.717) is 5.75 Å². The molecule has 0 aliphatic heterocycles. The maximum Gasteiger partial charge on any atom is 0.261 e. The van der Waals surface area contributed by atoms with Gasteiger partial charge in [-0.2, -0.15) is 0 Å².